The van der Waals surface area contributed by atoms with Crippen molar-refractivity contribution in [1.82, 2.24) is 5.32 Å². The molecule has 1 aromatic carbocycles. The van der Waals surface area contributed by atoms with Gasteiger partial charge in [0.05, 0.1) is 0 Å². The van der Waals surface area contributed by atoms with Gasteiger partial charge in [-0.25, -0.2) is 0 Å². The van der Waals surface area contributed by atoms with Gasteiger partial charge in [-0.15, -0.1) is 0 Å². The molecule has 0 aliphatic carbocycles. The van der Waals surface area contributed by atoms with Crippen molar-refractivity contribution in [3.63, 3.8) is 0 Å². The molecule has 1 aromatic rings. The summed E-state index contributed by atoms with van der Waals surface area (Å²) in [5, 5.41) is 6.47. The number of nitrogens with two attached hydrogens (primary N) is 1. The zero-order valence-corrected chi connectivity index (χ0v) is 8.72. The fourth-order valence-electron chi connectivity index (χ4n) is 1.26. The first-order chi connectivity index (χ1) is 6.86. The van der Waals surface area contributed by atoms with Gasteiger partial charge in [-0.3, -0.25) is 0 Å². The molecule has 0 unspecified atom stereocenters. The van der Waals surface area contributed by atoms with E-state index in [0.29, 0.717) is 6.54 Å². The summed E-state index contributed by atoms with van der Waals surface area (Å²) in [5.41, 5.74) is 7.85. The van der Waals surface area contributed by atoms with E-state index in [1.54, 1.807) is 0 Å². The van der Waals surface area contributed by atoms with E-state index < -0.39 is 0 Å². The highest BCUT2D eigenvalue weighted by Crippen LogP contribution is 2.08. The number of nitrogens with one attached hydrogen (secondary N) is 2. The lowest BCUT2D eigenvalue weighted by atomic mass is 10.2. The van der Waals surface area contributed by atoms with Crippen LogP contribution >= 0.6 is 0 Å². The summed E-state index contributed by atoms with van der Waals surface area (Å²) in [7, 11) is 1.97. The number of anilines is 1. The summed E-state index contributed by atoms with van der Waals surface area (Å²) in [6, 6.07) is 8.25. The summed E-state index contributed by atoms with van der Waals surface area (Å²) in [4.78, 5) is 0. The van der Waals surface area contributed by atoms with Crippen LogP contribution in [0.4, 0.5) is 5.69 Å². The van der Waals surface area contributed by atoms with Crippen LogP contribution in [-0.2, 0) is 6.54 Å². The van der Waals surface area contributed by atoms with Gasteiger partial charge in [0.25, 0.3) is 0 Å². The molecular formula is C11H19N3. The molecule has 0 aliphatic heterocycles. The van der Waals surface area contributed by atoms with Crippen LogP contribution in [0.3, 0.4) is 0 Å². The molecule has 1 rings (SSSR count). The third kappa shape index (κ3) is 3.77. The molecule has 0 saturated carbocycles. The Labute approximate surface area is 85.7 Å². The van der Waals surface area contributed by atoms with Crippen molar-refractivity contribution >= 4 is 5.69 Å². The molecule has 0 aromatic heterocycles. The largest absolute Gasteiger partial charge is 0.385 e. The third-order valence-electron chi connectivity index (χ3n) is 2.12. The summed E-state index contributed by atoms with van der Waals surface area (Å²) in [5.74, 6) is 0. The first kappa shape index (κ1) is 11.0. The highest BCUT2D eigenvalue weighted by Gasteiger charge is 1.91. The molecular weight excluding hydrogens is 174 g/mol. The second-order valence-corrected chi connectivity index (χ2v) is 3.28. The predicted octanol–water partition coefficient (Wildman–Crippen LogP) is 1.17. The van der Waals surface area contributed by atoms with Gasteiger partial charge in [0.2, 0.25) is 0 Å². The van der Waals surface area contributed by atoms with Gasteiger partial charge in [-0.2, -0.15) is 0 Å². The lowest BCUT2D eigenvalue weighted by Gasteiger charge is -2.06. The Morgan fingerprint density at radius 2 is 1.86 bits per heavy atom. The maximum atomic E-state index is 5.51. The zero-order chi connectivity index (χ0) is 10.2. The van der Waals surface area contributed by atoms with Gasteiger partial charge in [-0.05, 0) is 37.7 Å². The van der Waals surface area contributed by atoms with Crippen LogP contribution in [0, 0.1) is 0 Å². The van der Waals surface area contributed by atoms with E-state index in [9.17, 15) is 0 Å². The van der Waals surface area contributed by atoms with Crippen LogP contribution in [0.15, 0.2) is 24.3 Å². The summed E-state index contributed by atoms with van der Waals surface area (Å²) >= 11 is 0. The van der Waals surface area contributed by atoms with E-state index in [4.69, 9.17) is 5.73 Å². The first-order valence-corrected chi connectivity index (χ1v) is 5.04. The molecule has 0 radical (unpaired) electrons. The monoisotopic (exact) mass is 193 g/mol. The van der Waals surface area contributed by atoms with Crippen molar-refractivity contribution in [3.05, 3.63) is 29.8 Å². The molecule has 0 saturated heterocycles. The second-order valence-electron chi connectivity index (χ2n) is 3.28. The standard InChI is InChI=1S/C11H19N3/c1-13-7-2-8-14-11-5-3-10(9-12)4-6-11/h3-6,13-14H,2,7-9,12H2,1H3. The van der Waals surface area contributed by atoms with E-state index in [1.165, 1.54) is 11.3 Å². The van der Waals surface area contributed by atoms with Crippen LogP contribution in [0.25, 0.3) is 0 Å². The molecule has 0 amide bonds. The summed E-state index contributed by atoms with van der Waals surface area (Å²) in [6.07, 6.45) is 1.13. The lowest BCUT2D eigenvalue weighted by molar-refractivity contribution is 0.748. The molecule has 0 aliphatic rings. The Morgan fingerprint density at radius 1 is 1.14 bits per heavy atom. The molecule has 14 heavy (non-hydrogen) atoms. The molecule has 0 spiro atoms. The van der Waals surface area contributed by atoms with Crippen molar-refractivity contribution in [2.24, 2.45) is 5.73 Å². The Bertz CT molecular complexity index is 243. The van der Waals surface area contributed by atoms with Crippen LogP contribution < -0.4 is 16.4 Å². The SMILES string of the molecule is CNCCCNc1ccc(CN)cc1. The van der Waals surface area contributed by atoms with Crippen molar-refractivity contribution < 1.29 is 0 Å². The first-order valence-electron chi connectivity index (χ1n) is 5.04. The fourth-order valence-corrected chi connectivity index (χ4v) is 1.26. The Kier molecular flexibility index (Phi) is 5.04. The van der Waals surface area contributed by atoms with Gasteiger partial charge < -0.3 is 16.4 Å². The average Bonchev–Trinajstić information content (AvgIpc) is 2.25. The van der Waals surface area contributed by atoms with Crippen molar-refractivity contribution in [1.29, 1.82) is 0 Å². The Morgan fingerprint density at radius 3 is 2.43 bits per heavy atom. The third-order valence-corrected chi connectivity index (χ3v) is 2.12. The maximum Gasteiger partial charge on any atom is 0.0340 e. The Hall–Kier alpha value is -1.06. The summed E-state index contributed by atoms with van der Waals surface area (Å²) < 4.78 is 0. The van der Waals surface area contributed by atoms with E-state index in [1.807, 2.05) is 7.05 Å². The number of benzene rings is 1. The van der Waals surface area contributed by atoms with E-state index in [2.05, 4.69) is 34.9 Å². The van der Waals surface area contributed by atoms with Crippen molar-refractivity contribution in [2.75, 3.05) is 25.5 Å². The topological polar surface area (TPSA) is 50.1 Å². The van der Waals surface area contributed by atoms with E-state index in [-0.39, 0.29) is 0 Å². The van der Waals surface area contributed by atoms with E-state index >= 15 is 0 Å². The highest BCUT2D eigenvalue weighted by molar-refractivity contribution is 5.44. The minimum atomic E-state index is 0.611. The normalized spacial score (nSPS) is 10.1. The number of rotatable bonds is 6. The van der Waals surface area contributed by atoms with Crippen LogP contribution in [0.5, 0.6) is 0 Å². The van der Waals surface area contributed by atoms with Crippen LogP contribution in [-0.4, -0.2) is 20.1 Å². The maximum absolute atomic E-state index is 5.51. The van der Waals surface area contributed by atoms with Gasteiger partial charge in [0, 0.05) is 18.8 Å². The van der Waals surface area contributed by atoms with Gasteiger partial charge in [0.1, 0.15) is 0 Å². The number of hydrogen-bond acceptors (Lipinski definition) is 3. The lowest BCUT2D eigenvalue weighted by Crippen LogP contribution is -2.12. The van der Waals surface area contributed by atoms with Crippen molar-refractivity contribution in [3.8, 4) is 0 Å². The molecule has 0 atom stereocenters. The van der Waals surface area contributed by atoms with Gasteiger partial charge in [-0.1, -0.05) is 12.1 Å². The molecule has 78 valence electrons. The Balaban J connectivity index is 2.29. The fraction of sp³-hybridized carbons (Fsp3) is 0.455. The molecule has 3 nitrogen and oxygen atoms in total. The van der Waals surface area contributed by atoms with Gasteiger partial charge >= 0.3 is 0 Å². The van der Waals surface area contributed by atoms with Crippen LogP contribution in [0.2, 0.25) is 0 Å². The molecule has 0 heterocycles. The smallest absolute Gasteiger partial charge is 0.0340 e. The average molecular weight is 193 g/mol. The van der Waals surface area contributed by atoms with Crippen LogP contribution in [0.1, 0.15) is 12.0 Å². The molecule has 3 heteroatoms. The quantitative estimate of drug-likeness (QED) is 0.594. The van der Waals surface area contributed by atoms with Gasteiger partial charge in [0.15, 0.2) is 0 Å². The molecule has 4 N–H and O–H groups in total. The minimum Gasteiger partial charge on any atom is -0.385 e. The van der Waals surface area contributed by atoms with E-state index in [0.717, 1.165) is 19.5 Å². The summed E-state index contributed by atoms with van der Waals surface area (Å²) in [6.45, 7) is 2.66. The predicted molar refractivity (Wildman–Crippen MR) is 61.4 cm³/mol. The zero-order valence-electron chi connectivity index (χ0n) is 8.72. The number of hydrogen-bond donors (Lipinski definition) is 3. The highest BCUT2D eigenvalue weighted by atomic mass is 14.9. The minimum absolute atomic E-state index is 0.611. The second kappa shape index (κ2) is 6.40. The molecule has 0 fully saturated rings. The molecule has 0 bridgehead atoms. The van der Waals surface area contributed by atoms with Crippen molar-refractivity contribution in [2.45, 2.75) is 13.0 Å².